The topological polar surface area (TPSA) is 30.3 Å². The van der Waals surface area contributed by atoms with E-state index in [-0.39, 0.29) is 5.92 Å². The lowest BCUT2D eigenvalue weighted by atomic mass is 10.1. The van der Waals surface area contributed by atoms with E-state index in [1.165, 1.54) is 6.42 Å². The van der Waals surface area contributed by atoms with Crippen LogP contribution in [0, 0.1) is 17.2 Å². The van der Waals surface area contributed by atoms with E-state index in [0.717, 1.165) is 32.7 Å². The molecule has 1 saturated heterocycles. The highest BCUT2D eigenvalue weighted by Gasteiger charge is 2.20. The maximum atomic E-state index is 8.76. The van der Waals surface area contributed by atoms with Crippen LogP contribution in [-0.4, -0.2) is 48.6 Å². The maximum absolute atomic E-state index is 8.76. The lowest BCUT2D eigenvalue weighted by Crippen LogP contribution is -2.50. The second-order valence-electron chi connectivity index (χ2n) is 4.62. The van der Waals surface area contributed by atoms with E-state index in [9.17, 15) is 0 Å². The molecule has 2 atom stereocenters. The molecule has 0 amide bonds. The second-order valence-corrected chi connectivity index (χ2v) is 4.62. The van der Waals surface area contributed by atoms with Gasteiger partial charge in [-0.3, -0.25) is 9.80 Å². The zero-order valence-electron chi connectivity index (χ0n) is 10.2. The molecule has 0 aromatic rings. The van der Waals surface area contributed by atoms with Crippen molar-refractivity contribution < 1.29 is 0 Å². The van der Waals surface area contributed by atoms with E-state index < -0.39 is 0 Å². The van der Waals surface area contributed by atoms with Crippen molar-refractivity contribution in [2.45, 2.75) is 33.2 Å². The molecule has 1 aliphatic rings. The Kier molecular flexibility index (Phi) is 5.07. The molecule has 15 heavy (non-hydrogen) atoms. The zero-order chi connectivity index (χ0) is 11.3. The van der Waals surface area contributed by atoms with E-state index in [4.69, 9.17) is 5.26 Å². The Morgan fingerprint density at radius 3 is 2.27 bits per heavy atom. The molecule has 3 heteroatoms. The quantitative estimate of drug-likeness (QED) is 0.704. The van der Waals surface area contributed by atoms with Gasteiger partial charge < -0.3 is 0 Å². The van der Waals surface area contributed by atoms with E-state index >= 15 is 0 Å². The Morgan fingerprint density at radius 1 is 1.20 bits per heavy atom. The third-order valence-corrected chi connectivity index (χ3v) is 3.37. The summed E-state index contributed by atoms with van der Waals surface area (Å²) in [5, 5.41) is 8.76. The first-order valence-electron chi connectivity index (χ1n) is 6.03. The zero-order valence-corrected chi connectivity index (χ0v) is 10.2. The normalized spacial score (nSPS) is 23.3. The van der Waals surface area contributed by atoms with Crippen molar-refractivity contribution >= 4 is 0 Å². The molecule has 0 aliphatic carbocycles. The molecule has 0 radical (unpaired) electrons. The Balaban J connectivity index is 2.27. The highest BCUT2D eigenvalue weighted by Crippen LogP contribution is 2.09. The molecular weight excluding hydrogens is 186 g/mol. The van der Waals surface area contributed by atoms with Gasteiger partial charge in [0.2, 0.25) is 0 Å². The van der Waals surface area contributed by atoms with Gasteiger partial charge in [-0.05, 0) is 20.3 Å². The summed E-state index contributed by atoms with van der Waals surface area (Å²) >= 11 is 0. The number of nitriles is 1. The van der Waals surface area contributed by atoms with Crippen molar-refractivity contribution in [3.05, 3.63) is 0 Å². The maximum Gasteiger partial charge on any atom is 0.0666 e. The van der Waals surface area contributed by atoms with Crippen LogP contribution in [0.15, 0.2) is 0 Å². The van der Waals surface area contributed by atoms with Crippen LogP contribution in [0.1, 0.15) is 27.2 Å². The van der Waals surface area contributed by atoms with Gasteiger partial charge in [-0.2, -0.15) is 5.26 Å². The van der Waals surface area contributed by atoms with E-state index in [0.29, 0.717) is 6.04 Å². The number of piperazine rings is 1. The van der Waals surface area contributed by atoms with Crippen LogP contribution in [0.4, 0.5) is 0 Å². The smallest absolute Gasteiger partial charge is 0.0666 e. The Labute approximate surface area is 93.7 Å². The third kappa shape index (κ3) is 3.81. The Morgan fingerprint density at radius 2 is 1.80 bits per heavy atom. The fraction of sp³-hybridized carbons (Fsp3) is 0.917. The fourth-order valence-corrected chi connectivity index (χ4v) is 2.07. The number of nitrogens with zero attached hydrogens (tertiary/aromatic N) is 3. The number of rotatable bonds is 4. The van der Waals surface area contributed by atoms with Crippen LogP contribution >= 0.6 is 0 Å². The molecule has 0 bridgehead atoms. The molecule has 1 heterocycles. The van der Waals surface area contributed by atoms with Crippen LogP contribution in [-0.2, 0) is 0 Å². The van der Waals surface area contributed by atoms with E-state index in [1.54, 1.807) is 0 Å². The van der Waals surface area contributed by atoms with Gasteiger partial charge in [0.1, 0.15) is 0 Å². The predicted molar refractivity (Wildman–Crippen MR) is 62.5 cm³/mol. The summed E-state index contributed by atoms with van der Waals surface area (Å²) < 4.78 is 0. The minimum Gasteiger partial charge on any atom is -0.300 e. The first-order chi connectivity index (χ1) is 7.17. The molecule has 1 rings (SSSR count). The lowest BCUT2D eigenvalue weighted by molar-refractivity contribution is 0.0960. The fourth-order valence-electron chi connectivity index (χ4n) is 2.07. The Bertz CT molecular complexity index is 213. The van der Waals surface area contributed by atoms with Crippen LogP contribution in [0.25, 0.3) is 0 Å². The molecule has 0 spiro atoms. The third-order valence-electron chi connectivity index (χ3n) is 3.37. The van der Waals surface area contributed by atoms with Crippen molar-refractivity contribution in [1.82, 2.24) is 9.80 Å². The SMILES string of the molecule is CCC(C)N1CCN(CC(C)C#N)CC1. The minimum atomic E-state index is 0.167. The molecule has 0 aromatic carbocycles. The molecule has 86 valence electrons. The van der Waals surface area contributed by atoms with Crippen molar-refractivity contribution in [2.24, 2.45) is 5.92 Å². The summed E-state index contributed by atoms with van der Waals surface area (Å²) in [6.45, 7) is 12.0. The summed E-state index contributed by atoms with van der Waals surface area (Å²) in [4.78, 5) is 4.96. The highest BCUT2D eigenvalue weighted by atomic mass is 15.3. The van der Waals surface area contributed by atoms with Gasteiger partial charge in [-0.1, -0.05) is 6.92 Å². The number of hydrogen-bond donors (Lipinski definition) is 0. The second kappa shape index (κ2) is 6.09. The molecule has 1 aliphatic heterocycles. The van der Waals surface area contributed by atoms with Crippen molar-refractivity contribution in [3.63, 3.8) is 0 Å². The summed E-state index contributed by atoms with van der Waals surface area (Å²) in [7, 11) is 0. The summed E-state index contributed by atoms with van der Waals surface area (Å²) in [6, 6.07) is 3.01. The van der Waals surface area contributed by atoms with E-state index in [1.807, 2.05) is 6.92 Å². The van der Waals surface area contributed by atoms with Crippen molar-refractivity contribution in [2.75, 3.05) is 32.7 Å². The largest absolute Gasteiger partial charge is 0.300 e. The summed E-state index contributed by atoms with van der Waals surface area (Å²) in [6.07, 6.45) is 1.23. The van der Waals surface area contributed by atoms with Crippen molar-refractivity contribution in [1.29, 1.82) is 5.26 Å². The average Bonchev–Trinajstić information content (AvgIpc) is 2.29. The molecule has 0 aromatic heterocycles. The van der Waals surface area contributed by atoms with Crippen LogP contribution in [0.3, 0.4) is 0 Å². The summed E-state index contributed by atoms with van der Waals surface area (Å²) in [5.41, 5.74) is 0. The van der Waals surface area contributed by atoms with Gasteiger partial charge >= 0.3 is 0 Å². The molecular formula is C12H23N3. The standard InChI is InChI=1S/C12H23N3/c1-4-12(3)15-7-5-14(6-8-15)10-11(2)9-13/h11-12H,4-8,10H2,1-3H3. The number of hydrogen-bond acceptors (Lipinski definition) is 3. The molecule has 3 nitrogen and oxygen atoms in total. The monoisotopic (exact) mass is 209 g/mol. The molecule has 2 unspecified atom stereocenters. The first-order valence-corrected chi connectivity index (χ1v) is 6.03. The Hall–Kier alpha value is -0.590. The first kappa shape index (κ1) is 12.5. The molecule has 0 N–H and O–H groups in total. The molecule has 1 fully saturated rings. The van der Waals surface area contributed by atoms with Crippen LogP contribution in [0.5, 0.6) is 0 Å². The lowest BCUT2D eigenvalue weighted by Gasteiger charge is -2.38. The summed E-state index contributed by atoms with van der Waals surface area (Å²) in [5.74, 6) is 0.167. The van der Waals surface area contributed by atoms with Gasteiger partial charge in [0.15, 0.2) is 0 Å². The van der Waals surface area contributed by atoms with E-state index in [2.05, 4.69) is 29.7 Å². The van der Waals surface area contributed by atoms with Crippen LogP contribution in [0.2, 0.25) is 0 Å². The van der Waals surface area contributed by atoms with Crippen molar-refractivity contribution in [3.8, 4) is 6.07 Å². The van der Waals surface area contributed by atoms with Crippen LogP contribution < -0.4 is 0 Å². The average molecular weight is 209 g/mol. The van der Waals surface area contributed by atoms with Gasteiger partial charge in [-0.25, -0.2) is 0 Å². The molecule has 0 saturated carbocycles. The van der Waals surface area contributed by atoms with Gasteiger partial charge in [0.25, 0.3) is 0 Å². The minimum absolute atomic E-state index is 0.167. The van der Waals surface area contributed by atoms with Gasteiger partial charge in [0, 0.05) is 38.8 Å². The highest BCUT2D eigenvalue weighted by molar-refractivity contribution is 4.84. The van der Waals surface area contributed by atoms with Gasteiger partial charge in [-0.15, -0.1) is 0 Å². The predicted octanol–water partition coefficient (Wildman–Crippen LogP) is 1.56. The van der Waals surface area contributed by atoms with Gasteiger partial charge in [0.05, 0.1) is 12.0 Å².